The molecule has 148 valence electrons. The second-order valence-electron chi connectivity index (χ2n) is 6.80. The molecule has 0 atom stereocenters. The number of aromatic nitrogens is 1. The van der Waals surface area contributed by atoms with Gasteiger partial charge in [-0.2, -0.15) is 0 Å². The summed E-state index contributed by atoms with van der Waals surface area (Å²) in [6.45, 7) is -0.346. The Bertz CT molecular complexity index is 1190. The van der Waals surface area contributed by atoms with Crippen molar-refractivity contribution in [1.82, 2.24) is 4.98 Å². The lowest BCUT2D eigenvalue weighted by Gasteiger charge is -2.17. The molecule has 0 spiro atoms. The summed E-state index contributed by atoms with van der Waals surface area (Å²) < 4.78 is 5.37. The van der Waals surface area contributed by atoms with Gasteiger partial charge < -0.3 is 9.64 Å². The molecule has 1 amide bonds. The van der Waals surface area contributed by atoms with Gasteiger partial charge in [0, 0.05) is 23.7 Å². The Labute approximate surface area is 174 Å². The fourth-order valence-corrected chi connectivity index (χ4v) is 3.20. The molecule has 0 bridgehead atoms. The molecule has 0 aliphatic heterocycles. The van der Waals surface area contributed by atoms with Gasteiger partial charge in [-0.15, -0.1) is 0 Å². The van der Waals surface area contributed by atoms with Crippen molar-refractivity contribution in [1.29, 1.82) is 0 Å². The van der Waals surface area contributed by atoms with E-state index in [-0.39, 0.29) is 12.5 Å². The molecule has 0 saturated carbocycles. The molecule has 4 aromatic rings. The fraction of sp³-hybridized carbons (Fsp3) is 0.0800. The van der Waals surface area contributed by atoms with E-state index >= 15 is 0 Å². The van der Waals surface area contributed by atoms with E-state index < -0.39 is 5.97 Å². The zero-order valence-electron chi connectivity index (χ0n) is 16.5. The van der Waals surface area contributed by atoms with Crippen molar-refractivity contribution in [3.05, 3.63) is 96.6 Å². The second kappa shape index (κ2) is 8.57. The lowest BCUT2D eigenvalue weighted by Crippen LogP contribution is -2.31. The van der Waals surface area contributed by atoms with Crippen LogP contribution in [-0.4, -0.2) is 30.5 Å². The molecule has 0 aliphatic carbocycles. The molecule has 0 radical (unpaired) electrons. The van der Waals surface area contributed by atoms with E-state index in [1.54, 1.807) is 13.1 Å². The number of rotatable bonds is 5. The Morgan fingerprint density at radius 3 is 2.23 bits per heavy atom. The van der Waals surface area contributed by atoms with Crippen molar-refractivity contribution < 1.29 is 14.3 Å². The quantitative estimate of drug-likeness (QED) is 0.458. The van der Waals surface area contributed by atoms with Crippen molar-refractivity contribution in [3.8, 4) is 11.3 Å². The number of carbonyl (C=O) groups excluding carboxylic acids is 2. The van der Waals surface area contributed by atoms with Gasteiger partial charge in [0.05, 0.1) is 16.8 Å². The largest absolute Gasteiger partial charge is 0.452 e. The van der Waals surface area contributed by atoms with Crippen molar-refractivity contribution in [2.45, 2.75) is 0 Å². The molecule has 1 heterocycles. The summed E-state index contributed by atoms with van der Waals surface area (Å²) in [5.74, 6) is -0.864. The summed E-state index contributed by atoms with van der Waals surface area (Å²) in [6.07, 6.45) is 0. The van der Waals surface area contributed by atoms with E-state index in [1.807, 2.05) is 84.9 Å². The highest BCUT2D eigenvalue weighted by molar-refractivity contribution is 6.05. The van der Waals surface area contributed by atoms with Crippen LogP contribution in [0.4, 0.5) is 5.69 Å². The van der Waals surface area contributed by atoms with Crippen LogP contribution >= 0.6 is 0 Å². The van der Waals surface area contributed by atoms with E-state index in [0.29, 0.717) is 22.2 Å². The first-order valence-electron chi connectivity index (χ1n) is 9.57. The van der Waals surface area contributed by atoms with Crippen LogP contribution in [0.3, 0.4) is 0 Å². The summed E-state index contributed by atoms with van der Waals surface area (Å²) in [6, 6.07) is 28.0. The molecule has 5 heteroatoms. The SMILES string of the molecule is CN(C(=O)COC(=O)c1cc(-c2ccccc2)nc2ccccc12)c1ccccc1. The number of anilines is 1. The van der Waals surface area contributed by atoms with E-state index in [4.69, 9.17) is 4.74 Å². The van der Waals surface area contributed by atoms with Crippen LogP contribution in [0.1, 0.15) is 10.4 Å². The molecular weight excluding hydrogens is 376 g/mol. The second-order valence-corrected chi connectivity index (χ2v) is 6.80. The molecule has 0 unspecified atom stereocenters. The fourth-order valence-electron chi connectivity index (χ4n) is 3.20. The summed E-state index contributed by atoms with van der Waals surface area (Å²) in [4.78, 5) is 31.5. The zero-order chi connectivity index (χ0) is 20.9. The number of hydrogen-bond acceptors (Lipinski definition) is 4. The molecular formula is C25H20N2O3. The van der Waals surface area contributed by atoms with Crippen LogP contribution < -0.4 is 4.90 Å². The molecule has 1 aromatic heterocycles. The van der Waals surface area contributed by atoms with Gasteiger partial charge in [-0.05, 0) is 24.3 Å². The van der Waals surface area contributed by atoms with E-state index in [2.05, 4.69) is 4.98 Å². The van der Waals surface area contributed by atoms with Crippen LogP contribution in [0.15, 0.2) is 91.0 Å². The summed E-state index contributed by atoms with van der Waals surface area (Å²) in [5, 5.41) is 0.686. The van der Waals surface area contributed by atoms with Crippen molar-refractivity contribution in [2.75, 3.05) is 18.6 Å². The maximum atomic E-state index is 12.9. The molecule has 30 heavy (non-hydrogen) atoms. The van der Waals surface area contributed by atoms with Crippen LogP contribution in [-0.2, 0) is 9.53 Å². The van der Waals surface area contributed by atoms with Crippen LogP contribution in [0.5, 0.6) is 0 Å². The molecule has 5 nitrogen and oxygen atoms in total. The number of likely N-dealkylation sites (N-methyl/N-ethyl adjacent to an activating group) is 1. The molecule has 3 aromatic carbocycles. The van der Waals surface area contributed by atoms with E-state index in [9.17, 15) is 9.59 Å². The smallest absolute Gasteiger partial charge is 0.339 e. The Kier molecular flexibility index (Phi) is 5.52. The third-order valence-electron chi connectivity index (χ3n) is 4.85. The highest BCUT2D eigenvalue weighted by Crippen LogP contribution is 2.25. The predicted molar refractivity (Wildman–Crippen MR) is 117 cm³/mol. The first-order chi connectivity index (χ1) is 14.6. The molecule has 0 N–H and O–H groups in total. The number of hydrogen-bond donors (Lipinski definition) is 0. The van der Waals surface area contributed by atoms with Gasteiger partial charge in [0.1, 0.15) is 0 Å². The topological polar surface area (TPSA) is 59.5 Å². The normalized spacial score (nSPS) is 10.6. The zero-order valence-corrected chi connectivity index (χ0v) is 16.5. The van der Waals surface area contributed by atoms with Gasteiger partial charge in [-0.1, -0.05) is 66.7 Å². The number of benzene rings is 3. The standard InChI is InChI=1S/C25H20N2O3/c1-27(19-12-6-3-7-13-19)24(28)17-30-25(29)21-16-23(18-10-4-2-5-11-18)26-22-15-9-8-14-20(21)22/h2-16H,17H2,1H3. The number of pyridine rings is 1. The van der Waals surface area contributed by atoms with Crippen LogP contribution in [0.25, 0.3) is 22.2 Å². The Morgan fingerprint density at radius 2 is 1.50 bits per heavy atom. The minimum absolute atomic E-state index is 0.309. The van der Waals surface area contributed by atoms with E-state index in [0.717, 1.165) is 11.3 Å². The maximum Gasteiger partial charge on any atom is 0.339 e. The highest BCUT2D eigenvalue weighted by Gasteiger charge is 2.18. The highest BCUT2D eigenvalue weighted by atomic mass is 16.5. The molecule has 0 saturated heterocycles. The van der Waals surface area contributed by atoms with Gasteiger partial charge in [-0.25, -0.2) is 9.78 Å². The Hall–Kier alpha value is -3.99. The van der Waals surface area contributed by atoms with Crippen LogP contribution in [0, 0.1) is 0 Å². The van der Waals surface area contributed by atoms with Gasteiger partial charge >= 0.3 is 5.97 Å². The van der Waals surface area contributed by atoms with Crippen LogP contribution in [0.2, 0.25) is 0 Å². The lowest BCUT2D eigenvalue weighted by molar-refractivity contribution is -0.121. The minimum atomic E-state index is -0.555. The minimum Gasteiger partial charge on any atom is -0.452 e. The average molecular weight is 396 g/mol. The van der Waals surface area contributed by atoms with Gasteiger partial charge in [0.2, 0.25) is 0 Å². The number of carbonyl (C=O) groups is 2. The third-order valence-corrected chi connectivity index (χ3v) is 4.85. The summed E-state index contributed by atoms with van der Waals surface area (Å²) in [7, 11) is 1.65. The maximum absolute atomic E-state index is 12.9. The monoisotopic (exact) mass is 396 g/mol. The van der Waals surface area contributed by atoms with Gasteiger partial charge in [0.15, 0.2) is 6.61 Å². The van der Waals surface area contributed by atoms with Crippen molar-refractivity contribution in [2.24, 2.45) is 0 Å². The van der Waals surface area contributed by atoms with Gasteiger partial charge in [-0.3, -0.25) is 4.79 Å². The number of esters is 1. The lowest BCUT2D eigenvalue weighted by atomic mass is 10.0. The number of nitrogens with zero attached hydrogens (tertiary/aromatic N) is 2. The predicted octanol–water partition coefficient (Wildman–Crippen LogP) is 4.72. The van der Waals surface area contributed by atoms with Gasteiger partial charge in [0.25, 0.3) is 5.91 Å². The average Bonchev–Trinajstić information content (AvgIpc) is 2.82. The van der Waals surface area contributed by atoms with Crippen molar-refractivity contribution in [3.63, 3.8) is 0 Å². The molecule has 0 aliphatic rings. The summed E-state index contributed by atoms with van der Waals surface area (Å²) in [5.41, 5.74) is 3.39. The molecule has 4 rings (SSSR count). The van der Waals surface area contributed by atoms with E-state index in [1.165, 1.54) is 4.90 Å². The Balaban J connectivity index is 1.59. The summed E-state index contributed by atoms with van der Waals surface area (Å²) >= 11 is 0. The molecule has 0 fully saturated rings. The number of amides is 1. The number of fused-ring (bicyclic) bond motifs is 1. The number of ether oxygens (including phenoxy) is 1. The number of para-hydroxylation sites is 2. The first-order valence-corrected chi connectivity index (χ1v) is 9.57. The van der Waals surface area contributed by atoms with Crippen molar-refractivity contribution >= 4 is 28.5 Å². The Morgan fingerprint density at radius 1 is 0.867 bits per heavy atom. The first kappa shape index (κ1) is 19.3. The third kappa shape index (κ3) is 4.05.